The molecule has 0 unspecified atom stereocenters. The van der Waals surface area contributed by atoms with Gasteiger partial charge >= 0.3 is 14.0 Å². The summed E-state index contributed by atoms with van der Waals surface area (Å²) in [6, 6.07) is 12.8. The van der Waals surface area contributed by atoms with Crippen LogP contribution >= 0.6 is 7.82 Å². The summed E-state index contributed by atoms with van der Waals surface area (Å²) < 4.78 is 65.7. The van der Waals surface area contributed by atoms with Crippen LogP contribution in [0.3, 0.4) is 0 Å². The molecule has 0 atom stereocenters. The Bertz CT molecular complexity index is 1410. The summed E-state index contributed by atoms with van der Waals surface area (Å²) in [6.07, 6.45) is -4.57. The quantitative estimate of drug-likeness (QED) is 0.244. The lowest BCUT2D eigenvalue weighted by molar-refractivity contribution is -0.137. The van der Waals surface area contributed by atoms with E-state index >= 15 is 0 Å². The zero-order valence-corrected chi connectivity index (χ0v) is 22.2. The van der Waals surface area contributed by atoms with E-state index in [0.717, 1.165) is 17.7 Å². The number of amides is 1. The molecule has 1 aliphatic heterocycles. The molecule has 2 aromatic carbocycles. The lowest BCUT2D eigenvalue weighted by atomic mass is 10.00. The first-order valence-corrected chi connectivity index (χ1v) is 13.7. The van der Waals surface area contributed by atoms with Gasteiger partial charge in [-0.25, -0.2) is 4.57 Å². The predicted molar refractivity (Wildman–Crippen MR) is 140 cm³/mol. The molecule has 1 amide bonds. The number of morpholine rings is 1. The number of benzene rings is 2. The summed E-state index contributed by atoms with van der Waals surface area (Å²) in [4.78, 5) is 37.1. The molecule has 1 fully saturated rings. The van der Waals surface area contributed by atoms with Crippen molar-refractivity contribution in [1.82, 2.24) is 4.98 Å². The first kappa shape index (κ1) is 29.5. The Kier molecular flexibility index (Phi) is 9.12. The molecule has 214 valence electrons. The molecular weight excluding hydrogens is 554 g/mol. The van der Waals surface area contributed by atoms with Crippen LogP contribution in [0.5, 0.6) is 5.88 Å². The maximum absolute atomic E-state index is 13.1. The number of alkyl halides is 3. The number of hydrogen-bond acceptors (Lipinski definition) is 7. The molecule has 1 saturated heterocycles. The Morgan fingerprint density at radius 3 is 2.55 bits per heavy atom. The standard InChI is InChI=1S/C26H27F3N3O7P/c1-17-5-6-21(30-25(33)18-3-2-4-20(13-18)26(27,28)29)16-22(17)19-14-23(32-7-9-37-10-8-32)31-24(15-19)38-11-12-39-40(34,35)36/h2-6,13-16H,7-12H2,1H3,(H,30,33)(H2,34,35,36). The molecule has 0 saturated carbocycles. The van der Waals surface area contributed by atoms with Crippen molar-refractivity contribution in [2.75, 3.05) is 49.7 Å². The van der Waals surface area contributed by atoms with Crippen LogP contribution in [0.4, 0.5) is 24.7 Å². The number of rotatable bonds is 9. The van der Waals surface area contributed by atoms with Gasteiger partial charge in [-0.3, -0.25) is 9.32 Å². The molecule has 14 heteroatoms. The first-order valence-electron chi connectivity index (χ1n) is 12.2. The minimum Gasteiger partial charge on any atom is -0.475 e. The molecule has 0 radical (unpaired) electrons. The maximum atomic E-state index is 13.1. The number of halogens is 3. The summed E-state index contributed by atoms with van der Waals surface area (Å²) >= 11 is 0. The van der Waals surface area contributed by atoms with E-state index in [1.165, 1.54) is 12.1 Å². The number of aryl methyl sites for hydroxylation is 1. The number of nitrogens with one attached hydrogen (secondary N) is 1. The summed E-state index contributed by atoms with van der Waals surface area (Å²) in [5, 5.41) is 2.65. The molecule has 2 heterocycles. The topological polar surface area (TPSA) is 130 Å². The van der Waals surface area contributed by atoms with Crippen LogP contribution in [-0.2, 0) is 20.0 Å². The van der Waals surface area contributed by atoms with Crippen molar-refractivity contribution in [3.8, 4) is 17.0 Å². The molecule has 4 rings (SSSR count). The number of hydrogen-bond donors (Lipinski definition) is 3. The average Bonchev–Trinajstić information content (AvgIpc) is 2.91. The monoisotopic (exact) mass is 581 g/mol. The number of pyridine rings is 1. The number of phosphoric ester groups is 1. The molecule has 40 heavy (non-hydrogen) atoms. The van der Waals surface area contributed by atoms with Crippen molar-refractivity contribution in [1.29, 1.82) is 0 Å². The van der Waals surface area contributed by atoms with E-state index in [2.05, 4.69) is 14.8 Å². The van der Waals surface area contributed by atoms with Crippen LogP contribution in [-0.4, -0.2) is 60.2 Å². The fourth-order valence-electron chi connectivity index (χ4n) is 4.03. The van der Waals surface area contributed by atoms with E-state index in [1.807, 2.05) is 17.9 Å². The highest BCUT2D eigenvalue weighted by Gasteiger charge is 2.31. The lowest BCUT2D eigenvalue weighted by Crippen LogP contribution is -2.36. The summed E-state index contributed by atoms with van der Waals surface area (Å²) in [5.41, 5.74) is 1.53. The van der Waals surface area contributed by atoms with Gasteiger partial charge in [0.1, 0.15) is 12.4 Å². The van der Waals surface area contributed by atoms with Gasteiger partial charge in [0, 0.05) is 30.4 Å². The number of carbonyl (C=O) groups is 1. The fraction of sp³-hybridized carbons (Fsp3) is 0.308. The van der Waals surface area contributed by atoms with Crippen LogP contribution in [0.15, 0.2) is 54.6 Å². The highest BCUT2D eigenvalue weighted by atomic mass is 31.2. The predicted octanol–water partition coefficient (Wildman–Crippen LogP) is 4.65. The average molecular weight is 581 g/mol. The number of carbonyl (C=O) groups excluding carboxylic acids is 1. The molecule has 3 aromatic rings. The maximum Gasteiger partial charge on any atom is 0.469 e. The zero-order valence-electron chi connectivity index (χ0n) is 21.3. The fourth-order valence-corrected chi connectivity index (χ4v) is 4.34. The van der Waals surface area contributed by atoms with Gasteiger partial charge < -0.3 is 29.5 Å². The zero-order chi connectivity index (χ0) is 28.9. The number of phosphoric acid groups is 1. The highest BCUT2D eigenvalue weighted by molar-refractivity contribution is 7.46. The second-order valence-corrected chi connectivity index (χ2v) is 10.1. The molecule has 1 aromatic heterocycles. The van der Waals surface area contributed by atoms with Crippen LogP contribution < -0.4 is 15.0 Å². The lowest BCUT2D eigenvalue weighted by Gasteiger charge is -2.28. The van der Waals surface area contributed by atoms with Crippen molar-refractivity contribution >= 4 is 25.2 Å². The van der Waals surface area contributed by atoms with Gasteiger partial charge in [-0.05, 0) is 60.0 Å². The van der Waals surface area contributed by atoms with E-state index in [0.29, 0.717) is 48.9 Å². The number of nitrogens with zero attached hydrogens (tertiary/aromatic N) is 2. The third kappa shape index (κ3) is 8.03. The Balaban J connectivity index is 1.61. The molecule has 1 aliphatic rings. The van der Waals surface area contributed by atoms with Crippen molar-refractivity contribution in [3.05, 3.63) is 71.3 Å². The van der Waals surface area contributed by atoms with Gasteiger partial charge in [0.05, 0.1) is 25.4 Å². The van der Waals surface area contributed by atoms with E-state index < -0.39 is 25.5 Å². The van der Waals surface area contributed by atoms with Gasteiger partial charge in [0.2, 0.25) is 5.88 Å². The summed E-state index contributed by atoms with van der Waals surface area (Å²) in [5.74, 6) is 0.0781. The number of anilines is 2. The Morgan fingerprint density at radius 2 is 1.85 bits per heavy atom. The molecule has 3 N–H and O–H groups in total. The Hall–Kier alpha value is -3.48. The normalized spacial score (nSPS) is 14.2. The van der Waals surface area contributed by atoms with Gasteiger partial charge in [-0.1, -0.05) is 12.1 Å². The van der Waals surface area contributed by atoms with E-state index in [1.54, 1.807) is 24.3 Å². The largest absolute Gasteiger partial charge is 0.475 e. The minimum atomic E-state index is -4.65. The van der Waals surface area contributed by atoms with Crippen LogP contribution in [0.2, 0.25) is 0 Å². The number of aromatic nitrogens is 1. The highest BCUT2D eigenvalue weighted by Crippen LogP contribution is 2.36. The van der Waals surface area contributed by atoms with Crippen LogP contribution in [0, 0.1) is 6.92 Å². The van der Waals surface area contributed by atoms with Gasteiger partial charge in [-0.15, -0.1) is 0 Å². The third-order valence-corrected chi connectivity index (χ3v) is 6.49. The van der Waals surface area contributed by atoms with E-state index in [9.17, 15) is 22.5 Å². The molecule has 0 spiro atoms. The van der Waals surface area contributed by atoms with Crippen molar-refractivity contribution in [2.45, 2.75) is 13.1 Å². The van der Waals surface area contributed by atoms with Crippen molar-refractivity contribution in [2.24, 2.45) is 0 Å². The SMILES string of the molecule is Cc1ccc(NC(=O)c2cccc(C(F)(F)F)c2)cc1-c1cc(OCCOP(=O)(O)O)nc(N2CCOCC2)c1. The van der Waals surface area contributed by atoms with Crippen LogP contribution in [0.25, 0.3) is 11.1 Å². The molecule has 10 nitrogen and oxygen atoms in total. The van der Waals surface area contributed by atoms with E-state index in [-0.39, 0.29) is 24.7 Å². The minimum absolute atomic E-state index is 0.135. The smallest absolute Gasteiger partial charge is 0.469 e. The Labute approximate surface area is 227 Å². The van der Waals surface area contributed by atoms with E-state index in [4.69, 9.17) is 19.3 Å². The van der Waals surface area contributed by atoms with Crippen molar-refractivity contribution in [3.63, 3.8) is 0 Å². The second kappa shape index (κ2) is 12.4. The molecule has 0 bridgehead atoms. The number of ether oxygens (including phenoxy) is 2. The van der Waals surface area contributed by atoms with Crippen molar-refractivity contribution < 1.29 is 46.3 Å². The van der Waals surface area contributed by atoms with Gasteiger partial charge in [0.25, 0.3) is 5.91 Å². The first-order chi connectivity index (χ1) is 18.9. The van der Waals surface area contributed by atoms with Gasteiger partial charge in [-0.2, -0.15) is 18.2 Å². The van der Waals surface area contributed by atoms with Crippen LogP contribution in [0.1, 0.15) is 21.5 Å². The Morgan fingerprint density at radius 1 is 1.10 bits per heavy atom. The molecule has 0 aliphatic carbocycles. The molecular formula is C26H27F3N3O7P. The third-order valence-electron chi connectivity index (χ3n) is 5.97. The summed E-state index contributed by atoms with van der Waals surface area (Å²) in [6.45, 7) is 3.52. The summed E-state index contributed by atoms with van der Waals surface area (Å²) in [7, 11) is -4.65. The van der Waals surface area contributed by atoms with Gasteiger partial charge in [0.15, 0.2) is 0 Å². The second-order valence-electron chi connectivity index (χ2n) is 8.89.